The molecular formula is C13H23NO2. The summed E-state index contributed by atoms with van der Waals surface area (Å²) in [6, 6.07) is 0.361. The van der Waals surface area contributed by atoms with E-state index in [2.05, 4.69) is 6.08 Å². The average molecular weight is 225 g/mol. The highest BCUT2D eigenvalue weighted by molar-refractivity contribution is 5.68. The molecule has 0 aromatic heterocycles. The molecule has 1 aliphatic carbocycles. The molecule has 1 aliphatic rings. The van der Waals surface area contributed by atoms with Gasteiger partial charge in [-0.15, -0.1) is 0 Å². The summed E-state index contributed by atoms with van der Waals surface area (Å²) >= 11 is 0. The first kappa shape index (κ1) is 13.1. The maximum Gasteiger partial charge on any atom is 0.410 e. The van der Waals surface area contributed by atoms with Gasteiger partial charge in [0.25, 0.3) is 0 Å². The molecule has 0 N–H and O–H groups in total. The highest BCUT2D eigenvalue weighted by atomic mass is 16.6. The Kier molecular flexibility index (Phi) is 4.84. The van der Waals surface area contributed by atoms with Crippen molar-refractivity contribution in [3.63, 3.8) is 0 Å². The van der Waals surface area contributed by atoms with Gasteiger partial charge in [0.2, 0.25) is 0 Å². The van der Waals surface area contributed by atoms with Crippen LogP contribution in [0.1, 0.15) is 47.0 Å². The third-order valence-electron chi connectivity index (χ3n) is 2.79. The van der Waals surface area contributed by atoms with Crippen molar-refractivity contribution in [2.75, 3.05) is 0 Å². The maximum atomic E-state index is 12.0. The van der Waals surface area contributed by atoms with Gasteiger partial charge in [-0.1, -0.05) is 6.08 Å². The molecule has 92 valence electrons. The van der Waals surface area contributed by atoms with Crippen LogP contribution in [-0.2, 0) is 4.74 Å². The first-order chi connectivity index (χ1) is 7.52. The fourth-order valence-electron chi connectivity index (χ4n) is 2.09. The number of carbonyl (C=O) groups is 1. The van der Waals surface area contributed by atoms with E-state index >= 15 is 0 Å². The minimum absolute atomic E-state index is 0.0266. The first-order valence-electron chi connectivity index (χ1n) is 6.18. The molecule has 0 saturated heterocycles. The minimum Gasteiger partial charge on any atom is -0.442 e. The van der Waals surface area contributed by atoms with Crippen molar-refractivity contribution >= 4 is 6.09 Å². The van der Waals surface area contributed by atoms with E-state index in [1.807, 2.05) is 33.8 Å². The van der Waals surface area contributed by atoms with Crippen LogP contribution >= 0.6 is 0 Å². The van der Waals surface area contributed by atoms with Gasteiger partial charge in [-0.3, -0.25) is 0 Å². The van der Waals surface area contributed by atoms with Crippen LogP contribution in [0.5, 0.6) is 0 Å². The predicted octanol–water partition coefficient (Wildman–Crippen LogP) is 3.35. The smallest absolute Gasteiger partial charge is 0.410 e. The van der Waals surface area contributed by atoms with Gasteiger partial charge in [-0.05, 0) is 53.0 Å². The van der Waals surface area contributed by atoms with E-state index in [0.29, 0.717) is 0 Å². The van der Waals surface area contributed by atoms with Gasteiger partial charge in [0.05, 0.1) is 0 Å². The van der Waals surface area contributed by atoms with Gasteiger partial charge < -0.3 is 9.64 Å². The number of carbonyl (C=O) groups excluding carboxylic acids is 1. The van der Waals surface area contributed by atoms with Gasteiger partial charge in [0.1, 0.15) is 6.10 Å². The van der Waals surface area contributed by atoms with Crippen molar-refractivity contribution in [3.05, 3.63) is 12.2 Å². The molecule has 0 aromatic carbocycles. The second-order valence-electron chi connectivity index (χ2n) is 4.88. The molecule has 0 spiro atoms. The highest BCUT2D eigenvalue weighted by Gasteiger charge is 2.24. The summed E-state index contributed by atoms with van der Waals surface area (Å²) in [4.78, 5) is 13.7. The lowest BCUT2D eigenvalue weighted by atomic mass is 10.1. The normalized spacial score (nSPS) is 20.2. The summed E-state index contributed by atoms with van der Waals surface area (Å²) in [7, 11) is 0. The number of hydrogen-bond acceptors (Lipinski definition) is 2. The van der Waals surface area contributed by atoms with Gasteiger partial charge in [-0.2, -0.15) is 0 Å². The van der Waals surface area contributed by atoms with Gasteiger partial charge in [-0.25, -0.2) is 4.79 Å². The first-order valence-corrected chi connectivity index (χ1v) is 6.18. The molecule has 1 atom stereocenters. The van der Waals surface area contributed by atoms with E-state index in [-0.39, 0.29) is 24.3 Å². The zero-order chi connectivity index (χ0) is 12.1. The zero-order valence-corrected chi connectivity index (χ0v) is 10.8. The van der Waals surface area contributed by atoms with Crippen LogP contribution in [0.25, 0.3) is 0 Å². The van der Waals surface area contributed by atoms with Crippen molar-refractivity contribution in [2.24, 2.45) is 0 Å². The van der Waals surface area contributed by atoms with Crippen LogP contribution in [0.15, 0.2) is 12.2 Å². The lowest BCUT2D eigenvalue weighted by Gasteiger charge is -2.31. The molecule has 0 bridgehead atoms. The summed E-state index contributed by atoms with van der Waals surface area (Å²) < 4.78 is 5.48. The second kappa shape index (κ2) is 5.92. The highest BCUT2D eigenvalue weighted by Crippen LogP contribution is 2.16. The van der Waals surface area contributed by atoms with Gasteiger partial charge in [0.15, 0.2) is 0 Å². The lowest BCUT2D eigenvalue weighted by Crippen LogP contribution is -2.43. The fourth-order valence-corrected chi connectivity index (χ4v) is 2.09. The molecule has 0 fully saturated rings. The Bertz CT molecular complexity index is 251. The molecule has 0 heterocycles. The van der Waals surface area contributed by atoms with Crippen LogP contribution in [-0.4, -0.2) is 29.2 Å². The third-order valence-corrected chi connectivity index (χ3v) is 2.79. The quantitative estimate of drug-likeness (QED) is 0.689. The lowest BCUT2D eigenvalue weighted by molar-refractivity contribution is 0.0560. The molecule has 3 nitrogen and oxygen atoms in total. The molecule has 3 heteroatoms. The van der Waals surface area contributed by atoms with Crippen LogP contribution in [0, 0.1) is 0 Å². The topological polar surface area (TPSA) is 29.5 Å². The Morgan fingerprint density at radius 2 is 1.94 bits per heavy atom. The SMILES string of the molecule is CC(C)N(C(=O)O[C@@H]1C=CCCC1)C(C)C. The Morgan fingerprint density at radius 3 is 2.38 bits per heavy atom. The minimum atomic E-state index is -0.193. The van der Waals surface area contributed by atoms with Gasteiger partial charge in [0, 0.05) is 12.1 Å². The largest absolute Gasteiger partial charge is 0.442 e. The summed E-state index contributed by atoms with van der Waals surface area (Å²) in [5.41, 5.74) is 0. The van der Waals surface area contributed by atoms with E-state index in [0.717, 1.165) is 19.3 Å². The fraction of sp³-hybridized carbons (Fsp3) is 0.769. The van der Waals surface area contributed by atoms with E-state index in [4.69, 9.17) is 4.74 Å². The van der Waals surface area contributed by atoms with E-state index in [1.165, 1.54) is 0 Å². The number of allylic oxidation sites excluding steroid dienone is 1. The van der Waals surface area contributed by atoms with E-state index in [1.54, 1.807) is 4.90 Å². The average Bonchev–Trinajstić information content (AvgIpc) is 2.17. The molecule has 0 aliphatic heterocycles. The summed E-state index contributed by atoms with van der Waals surface area (Å²) in [5.74, 6) is 0. The molecular weight excluding hydrogens is 202 g/mol. The van der Waals surface area contributed by atoms with Crippen LogP contribution < -0.4 is 0 Å². The molecule has 0 saturated carbocycles. The molecule has 0 radical (unpaired) electrons. The summed E-state index contributed by atoms with van der Waals surface area (Å²) in [5, 5.41) is 0. The predicted molar refractivity (Wildman–Crippen MR) is 65.4 cm³/mol. The van der Waals surface area contributed by atoms with Crippen molar-refractivity contribution in [2.45, 2.75) is 65.1 Å². The molecule has 0 aromatic rings. The van der Waals surface area contributed by atoms with Crippen LogP contribution in [0.3, 0.4) is 0 Å². The monoisotopic (exact) mass is 225 g/mol. The van der Waals surface area contributed by atoms with Crippen LogP contribution in [0.2, 0.25) is 0 Å². The Balaban J connectivity index is 2.54. The standard InChI is InChI=1S/C13H23NO2/c1-10(2)14(11(3)4)13(15)16-12-8-6-5-7-9-12/h6,8,10-12H,5,7,9H2,1-4H3/t12-/m1/s1. The molecule has 1 rings (SSSR count). The van der Waals surface area contributed by atoms with Crippen molar-refractivity contribution in [1.82, 2.24) is 4.90 Å². The van der Waals surface area contributed by atoms with Crippen molar-refractivity contribution in [3.8, 4) is 0 Å². The summed E-state index contributed by atoms with van der Waals surface area (Å²) in [6.45, 7) is 8.05. The zero-order valence-electron chi connectivity index (χ0n) is 10.8. The molecule has 1 amide bonds. The number of rotatable bonds is 3. The Morgan fingerprint density at radius 1 is 1.31 bits per heavy atom. The number of nitrogens with zero attached hydrogens (tertiary/aromatic N) is 1. The Labute approximate surface area is 98.5 Å². The van der Waals surface area contributed by atoms with Crippen LogP contribution in [0.4, 0.5) is 4.79 Å². The Hall–Kier alpha value is -0.990. The third kappa shape index (κ3) is 3.54. The van der Waals surface area contributed by atoms with Crippen molar-refractivity contribution < 1.29 is 9.53 Å². The van der Waals surface area contributed by atoms with E-state index < -0.39 is 0 Å². The van der Waals surface area contributed by atoms with Crippen molar-refractivity contribution in [1.29, 1.82) is 0 Å². The molecule has 0 unspecified atom stereocenters. The summed E-state index contributed by atoms with van der Waals surface area (Å²) in [6.07, 6.45) is 7.04. The van der Waals surface area contributed by atoms with E-state index in [9.17, 15) is 4.79 Å². The number of hydrogen-bond donors (Lipinski definition) is 0. The molecule has 16 heavy (non-hydrogen) atoms. The van der Waals surface area contributed by atoms with Gasteiger partial charge >= 0.3 is 6.09 Å². The maximum absolute atomic E-state index is 12.0. The second-order valence-corrected chi connectivity index (χ2v) is 4.88. The number of ether oxygens (including phenoxy) is 1. The number of amides is 1.